The van der Waals surface area contributed by atoms with E-state index in [-0.39, 0.29) is 0 Å². The predicted octanol–water partition coefficient (Wildman–Crippen LogP) is 3.38. The van der Waals surface area contributed by atoms with Crippen LogP contribution in [0, 0.1) is 0 Å². The maximum absolute atomic E-state index is 12.3. The van der Waals surface area contributed by atoms with Gasteiger partial charge in [-0.3, -0.25) is 4.79 Å². The molecule has 0 bridgehead atoms. The molecule has 2 heterocycles. The van der Waals surface area contributed by atoms with Crippen molar-refractivity contribution in [1.82, 2.24) is 14.8 Å². The van der Waals surface area contributed by atoms with Gasteiger partial charge in [-0.05, 0) is 25.1 Å². The van der Waals surface area contributed by atoms with Gasteiger partial charge in [-0.15, -0.1) is 5.10 Å². The smallest absolute Gasteiger partial charge is 0.248 e. The second kappa shape index (κ2) is 7.01. The van der Waals surface area contributed by atoms with E-state index in [1.165, 1.54) is 0 Å². The van der Waals surface area contributed by atoms with Crippen LogP contribution in [0.3, 0.4) is 0 Å². The minimum atomic E-state index is -0.575. The number of methoxy groups -OCH3 is 1. The van der Waals surface area contributed by atoms with E-state index in [4.69, 9.17) is 22.1 Å². The lowest BCUT2D eigenvalue weighted by Gasteiger charge is -2.28. The minimum Gasteiger partial charge on any atom is -0.496 e. The number of nitrogens with zero attached hydrogens (tertiary/aromatic N) is 3. The lowest BCUT2D eigenvalue weighted by Crippen LogP contribution is -2.32. The van der Waals surface area contributed by atoms with Crippen LogP contribution in [0.4, 0.5) is 5.95 Å². The van der Waals surface area contributed by atoms with Gasteiger partial charge in [-0.25, -0.2) is 4.68 Å². The number of carbonyl (C=O) groups excluding carboxylic acids is 1. The highest BCUT2D eigenvalue weighted by molar-refractivity contribution is 6.33. The Hall–Kier alpha value is -3.32. The molecule has 0 unspecified atom stereocenters. The van der Waals surface area contributed by atoms with Crippen LogP contribution in [-0.4, -0.2) is 27.8 Å². The fourth-order valence-electron chi connectivity index (χ4n) is 3.41. The normalized spacial score (nSPS) is 15.8. The summed E-state index contributed by atoms with van der Waals surface area (Å²) in [4.78, 5) is 16.9. The number of hydrogen-bond acceptors (Lipinski definition) is 5. The molecule has 1 aliphatic heterocycles. The fraction of sp³-hybridized carbons (Fsp3) is 0.150. The zero-order chi connectivity index (χ0) is 19.8. The maximum Gasteiger partial charge on any atom is 0.248 e. The van der Waals surface area contributed by atoms with E-state index in [2.05, 4.69) is 15.4 Å². The molecule has 3 aromatic rings. The van der Waals surface area contributed by atoms with E-state index in [9.17, 15) is 4.79 Å². The molecule has 0 fully saturated rings. The third-order valence-electron chi connectivity index (χ3n) is 4.67. The van der Waals surface area contributed by atoms with Crippen molar-refractivity contribution in [3.05, 3.63) is 70.4 Å². The zero-order valence-corrected chi connectivity index (χ0v) is 16.1. The van der Waals surface area contributed by atoms with Crippen LogP contribution in [0.15, 0.2) is 59.8 Å². The summed E-state index contributed by atoms with van der Waals surface area (Å²) in [7, 11) is 1.58. The summed E-state index contributed by atoms with van der Waals surface area (Å²) in [6.45, 7) is 1.79. The van der Waals surface area contributed by atoms with Crippen molar-refractivity contribution in [3.63, 3.8) is 0 Å². The number of halogens is 1. The molecule has 1 atom stereocenters. The van der Waals surface area contributed by atoms with E-state index in [0.29, 0.717) is 39.4 Å². The van der Waals surface area contributed by atoms with E-state index < -0.39 is 11.9 Å². The van der Waals surface area contributed by atoms with Gasteiger partial charge in [0.15, 0.2) is 5.82 Å². The molecular formula is C20H18ClN5O2. The first-order valence-corrected chi connectivity index (χ1v) is 9.01. The molecule has 8 heteroatoms. The highest BCUT2D eigenvalue weighted by Gasteiger charge is 2.35. The first kappa shape index (κ1) is 18.1. The predicted molar refractivity (Wildman–Crippen MR) is 107 cm³/mol. The zero-order valence-electron chi connectivity index (χ0n) is 15.3. The Bertz CT molecular complexity index is 1110. The SMILES string of the molecule is COc1ccccc1[C@@H]1C(C(N)=O)=C(C)Nc2nc(-c3ccccc3Cl)nn21. The third-order valence-corrected chi connectivity index (χ3v) is 5.00. The Morgan fingerprint density at radius 2 is 1.93 bits per heavy atom. The summed E-state index contributed by atoms with van der Waals surface area (Å²) in [5, 5.41) is 8.31. The summed E-state index contributed by atoms with van der Waals surface area (Å²) in [6, 6.07) is 14.2. The minimum absolute atomic E-state index is 0.396. The monoisotopic (exact) mass is 395 g/mol. The molecule has 1 amide bonds. The van der Waals surface area contributed by atoms with Crippen molar-refractivity contribution in [2.24, 2.45) is 5.73 Å². The van der Waals surface area contributed by atoms with Gasteiger partial charge in [0.2, 0.25) is 11.9 Å². The topological polar surface area (TPSA) is 95.1 Å². The van der Waals surface area contributed by atoms with Gasteiger partial charge in [-0.1, -0.05) is 41.9 Å². The molecular weight excluding hydrogens is 378 g/mol. The van der Waals surface area contributed by atoms with Gasteiger partial charge in [-0.2, -0.15) is 4.98 Å². The van der Waals surface area contributed by atoms with Crippen LogP contribution in [0.1, 0.15) is 18.5 Å². The molecule has 1 aromatic heterocycles. The number of ether oxygens (including phenoxy) is 1. The van der Waals surface area contributed by atoms with Gasteiger partial charge >= 0.3 is 0 Å². The maximum atomic E-state index is 12.3. The molecule has 0 spiro atoms. The number of allylic oxidation sites excluding steroid dienone is 1. The van der Waals surface area contributed by atoms with Crippen molar-refractivity contribution < 1.29 is 9.53 Å². The van der Waals surface area contributed by atoms with Crippen LogP contribution in [-0.2, 0) is 4.79 Å². The average Bonchev–Trinajstić information content (AvgIpc) is 3.10. The fourth-order valence-corrected chi connectivity index (χ4v) is 3.63. The number of nitrogens with one attached hydrogen (secondary N) is 1. The second-order valence-corrected chi connectivity index (χ2v) is 6.76. The standard InChI is InChI=1S/C20H18ClN5O2/c1-11-16(18(22)27)17(13-8-4-6-10-15(13)28-2)26-20(23-11)24-19(25-26)12-7-3-5-9-14(12)21/h3-10,17H,1-2H3,(H2,22,27)(H,23,24,25)/t17-/m1/s1. The van der Waals surface area contributed by atoms with Crippen molar-refractivity contribution in [1.29, 1.82) is 0 Å². The number of fused-ring (bicyclic) bond motifs is 1. The number of aromatic nitrogens is 3. The number of amides is 1. The number of nitrogens with two attached hydrogens (primary N) is 1. The van der Waals surface area contributed by atoms with Crippen molar-refractivity contribution in [3.8, 4) is 17.1 Å². The van der Waals surface area contributed by atoms with Crippen molar-refractivity contribution in [2.45, 2.75) is 13.0 Å². The Kier molecular flexibility index (Phi) is 4.52. The third kappa shape index (κ3) is 2.90. The number of anilines is 1. The molecule has 7 nitrogen and oxygen atoms in total. The quantitative estimate of drug-likeness (QED) is 0.706. The largest absolute Gasteiger partial charge is 0.496 e. The molecule has 0 aliphatic carbocycles. The number of rotatable bonds is 4. The van der Waals surface area contributed by atoms with Gasteiger partial charge in [0.1, 0.15) is 11.8 Å². The highest BCUT2D eigenvalue weighted by atomic mass is 35.5. The molecule has 0 saturated heterocycles. The molecule has 0 saturated carbocycles. The van der Waals surface area contributed by atoms with Gasteiger partial charge in [0.05, 0.1) is 17.7 Å². The van der Waals surface area contributed by atoms with Gasteiger partial charge in [0, 0.05) is 16.8 Å². The number of primary amides is 1. The van der Waals surface area contributed by atoms with Crippen LogP contribution in [0.2, 0.25) is 5.02 Å². The summed E-state index contributed by atoms with van der Waals surface area (Å²) in [5.74, 6) is 1.03. The number of para-hydroxylation sites is 1. The van der Waals surface area contributed by atoms with Crippen LogP contribution in [0.5, 0.6) is 5.75 Å². The van der Waals surface area contributed by atoms with Gasteiger partial charge < -0.3 is 15.8 Å². The second-order valence-electron chi connectivity index (χ2n) is 6.36. The lowest BCUT2D eigenvalue weighted by atomic mass is 9.94. The summed E-state index contributed by atoms with van der Waals surface area (Å²) in [5.41, 5.74) is 8.19. The molecule has 2 aromatic carbocycles. The molecule has 3 N–H and O–H groups in total. The van der Waals surface area contributed by atoms with Crippen LogP contribution < -0.4 is 15.8 Å². The summed E-state index contributed by atoms with van der Waals surface area (Å²) >= 11 is 6.32. The van der Waals surface area contributed by atoms with Crippen molar-refractivity contribution >= 4 is 23.5 Å². The van der Waals surface area contributed by atoms with Gasteiger partial charge in [0.25, 0.3) is 0 Å². The number of benzene rings is 2. The number of carbonyl (C=O) groups is 1. The van der Waals surface area contributed by atoms with Crippen LogP contribution in [0.25, 0.3) is 11.4 Å². The lowest BCUT2D eigenvalue weighted by molar-refractivity contribution is -0.115. The Labute approximate surface area is 166 Å². The Balaban J connectivity index is 1.94. The molecule has 142 valence electrons. The molecule has 1 aliphatic rings. The van der Waals surface area contributed by atoms with E-state index in [1.807, 2.05) is 42.5 Å². The number of hydrogen-bond donors (Lipinski definition) is 2. The van der Waals surface area contributed by atoms with E-state index in [1.54, 1.807) is 24.8 Å². The van der Waals surface area contributed by atoms with E-state index in [0.717, 1.165) is 5.56 Å². The average molecular weight is 396 g/mol. The Morgan fingerprint density at radius 3 is 2.64 bits per heavy atom. The first-order chi connectivity index (χ1) is 13.5. The summed E-state index contributed by atoms with van der Waals surface area (Å²) in [6.07, 6.45) is 0. The molecule has 0 radical (unpaired) electrons. The summed E-state index contributed by atoms with van der Waals surface area (Å²) < 4.78 is 7.15. The first-order valence-electron chi connectivity index (χ1n) is 8.63. The van der Waals surface area contributed by atoms with E-state index >= 15 is 0 Å². The highest BCUT2D eigenvalue weighted by Crippen LogP contribution is 2.39. The van der Waals surface area contributed by atoms with Crippen LogP contribution >= 0.6 is 11.6 Å². The molecule has 28 heavy (non-hydrogen) atoms. The molecule has 4 rings (SSSR count). The van der Waals surface area contributed by atoms with Crippen molar-refractivity contribution in [2.75, 3.05) is 12.4 Å². The Morgan fingerprint density at radius 1 is 1.21 bits per heavy atom.